The van der Waals surface area contributed by atoms with Crippen LogP contribution in [-0.2, 0) is 4.74 Å². The molecule has 0 aromatic heterocycles. The summed E-state index contributed by atoms with van der Waals surface area (Å²) in [6.45, 7) is 10.4. The van der Waals surface area contributed by atoms with Crippen molar-refractivity contribution in [2.45, 2.75) is 65.8 Å². The Hall–Kier alpha value is -0.860. The van der Waals surface area contributed by atoms with E-state index in [1.54, 1.807) is 0 Å². The molecule has 0 radical (unpaired) electrons. The smallest absolute Gasteiger partial charge is 0.0661 e. The van der Waals surface area contributed by atoms with Gasteiger partial charge in [0.2, 0.25) is 0 Å². The lowest BCUT2D eigenvalue weighted by molar-refractivity contribution is 0.109. The maximum absolute atomic E-state index is 5.90. The Morgan fingerprint density at radius 3 is 2.19 bits per heavy atom. The third-order valence-electron chi connectivity index (χ3n) is 4.11. The fourth-order valence-electron chi connectivity index (χ4n) is 3.06. The lowest BCUT2D eigenvalue weighted by Crippen LogP contribution is -2.24. The topological polar surface area (TPSA) is 21.3 Å². The Morgan fingerprint density at radius 2 is 1.62 bits per heavy atom. The summed E-state index contributed by atoms with van der Waals surface area (Å²) in [7, 11) is 2.02. The minimum Gasteiger partial charge on any atom is -0.379 e. The maximum Gasteiger partial charge on any atom is 0.0661 e. The summed E-state index contributed by atoms with van der Waals surface area (Å²) in [6.07, 6.45) is 6.46. The number of nitrogens with one attached hydrogen (secondary N) is 1. The molecule has 0 fully saturated rings. The van der Waals surface area contributed by atoms with Crippen molar-refractivity contribution in [3.05, 3.63) is 34.4 Å². The first-order chi connectivity index (χ1) is 10.1. The van der Waals surface area contributed by atoms with E-state index < -0.39 is 0 Å². The maximum atomic E-state index is 5.90. The van der Waals surface area contributed by atoms with Crippen LogP contribution in [0.1, 0.15) is 67.3 Å². The highest BCUT2D eigenvalue weighted by atomic mass is 16.5. The van der Waals surface area contributed by atoms with Crippen LogP contribution in [0.25, 0.3) is 0 Å². The fourth-order valence-corrected chi connectivity index (χ4v) is 3.06. The van der Waals surface area contributed by atoms with Gasteiger partial charge in [0.1, 0.15) is 0 Å². The number of rotatable bonds is 10. The van der Waals surface area contributed by atoms with Crippen LogP contribution in [0.3, 0.4) is 0 Å². The standard InChI is InChI=1S/C19H33NO/c1-6-7-8-9-10-11-21-14-18(20-5)19-16(3)12-15(2)13-17(19)4/h12-13,18,20H,6-11,14H2,1-5H3. The minimum absolute atomic E-state index is 0.293. The average molecular weight is 291 g/mol. The molecule has 1 atom stereocenters. The van der Waals surface area contributed by atoms with E-state index in [1.807, 2.05) is 7.05 Å². The van der Waals surface area contributed by atoms with Gasteiger partial charge < -0.3 is 10.1 Å². The van der Waals surface area contributed by atoms with E-state index in [0.717, 1.165) is 13.2 Å². The van der Waals surface area contributed by atoms with E-state index in [1.165, 1.54) is 54.4 Å². The van der Waals surface area contributed by atoms with Crippen LogP contribution in [0.4, 0.5) is 0 Å². The molecular formula is C19H33NO. The van der Waals surface area contributed by atoms with E-state index in [4.69, 9.17) is 4.74 Å². The summed E-state index contributed by atoms with van der Waals surface area (Å²) in [6, 6.07) is 4.82. The van der Waals surface area contributed by atoms with Crippen molar-refractivity contribution in [2.75, 3.05) is 20.3 Å². The van der Waals surface area contributed by atoms with Crippen LogP contribution in [0.2, 0.25) is 0 Å². The second-order valence-corrected chi connectivity index (χ2v) is 6.14. The van der Waals surface area contributed by atoms with Gasteiger partial charge >= 0.3 is 0 Å². The number of ether oxygens (including phenoxy) is 1. The van der Waals surface area contributed by atoms with Crippen molar-refractivity contribution in [1.29, 1.82) is 0 Å². The fraction of sp³-hybridized carbons (Fsp3) is 0.684. The second-order valence-electron chi connectivity index (χ2n) is 6.14. The first kappa shape index (κ1) is 18.2. The van der Waals surface area contributed by atoms with Crippen molar-refractivity contribution in [3.63, 3.8) is 0 Å². The molecule has 1 aromatic rings. The zero-order valence-corrected chi connectivity index (χ0v) is 14.6. The number of unbranched alkanes of at least 4 members (excludes halogenated alkanes) is 4. The monoisotopic (exact) mass is 291 g/mol. The van der Waals surface area contributed by atoms with E-state index in [0.29, 0.717) is 6.04 Å². The normalized spacial score (nSPS) is 12.6. The molecule has 0 spiro atoms. The number of benzene rings is 1. The number of hydrogen-bond donors (Lipinski definition) is 1. The molecule has 0 bridgehead atoms. The molecule has 1 N–H and O–H groups in total. The number of hydrogen-bond acceptors (Lipinski definition) is 2. The summed E-state index contributed by atoms with van der Waals surface area (Å²) in [4.78, 5) is 0. The quantitative estimate of drug-likeness (QED) is 0.622. The molecule has 120 valence electrons. The van der Waals surface area contributed by atoms with Gasteiger partial charge in [-0.15, -0.1) is 0 Å². The second kappa shape index (κ2) is 9.97. The lowest BCUT2D eigenvalue weighted by atomic mass is 9.94. The van der Waals surface area contributed by atoms with Gasteiger partial charge in [0, 0.05) is 6.61 Å². The van der Waals surface area contributed by atoms with Gasteiger partial charge in [-0.1, -0.05) is 50.3 Å². The van der Waals surface area contributed by atoms with Crippen LogP contribution in [-0.4, -0.2) is 20.3 Å². The molecule has 0 amide bonds. The number of likely N-dealkylation sites (N-methyl/N-ethyl adjacent to an activating group) is 1. The SMILES string of the molecule is CCCCCCCOCC(NC)c1c(C)cc(C)cc1C. The van der Waals surface area contributed by atoms with Gasteiger partial charge in [-0.3, -0.25) is 0 Å². The highest BCUT2D eigenvalue weighted by Crippen LogP contribution is 2.23. The molecule has 1 aromatic carbocycles. The van der Waals surface area contributed by atoms with E-state index in [-0.39, 0.29) is 0 Å². The first-order valence-electron chi connectivity index (χ1n) is 8.42. The number of aryl methyl sites for hydroxylation is 3. The predicted octanol–water partition coefficient (Wildman–Crippen LogP) is 4.86. The van der Waals surface area contributed by atoms with Crippen molar-refractivity contribution >= 4 is 0 Å². The first-order valence-corrected chi connectivity index (χ1v) is 8.42. The van der Waals surface area contributed by atoms with E-state index in [2.05, 4.69) is 45.1 Å². The molecule has 0 aliphatic heterocycles. The van der Waals surface area contributed by atoms with E-state index >= 15 is 0 Å². The molecule has 1 rings (SSSR count). The molecule has 0 saturated carbocycles. The lowest BCUT2D eigenvalue weighted by Gasteiger charge is -2.22. The Kier molecular flexibility index (Phi) is 8.63. The third kappa shape index (κ3) is 6.19. The third-order valence-corrected chi connectivity index (χ3v) is 4.11. The Labute approximate surface area is 131 Å². The van der Waals surface area contributed by atoms with Crippen molar-refractivity contribution in [3.8, 4) is 0 Å². The van der Waals surface area contributed by atoms with E-state index in [9.17, 15) is 0 Å². The van der Waals surface area contributed by atoms with Gasteiger partial charge in [-0.25, -0.2) is 0 Å². The van der Waals surface area contributed by atoms with Crippen molar-refractivity contribution in [1.82, 2.24) is 5.32 Å². The Bertz CT molecular complexity index is 391. The van der Waals surface area contributed by atoms with Crippen LogP contribution >= 0.6 is 0 Å². The van der Waals surface area contributed by atoms with Crippen molar-refractivity contribution in [2.24, 2.45) is 0 Å². The summed E-state index contributed by atoms with van der Waals surface area (Å²) in [5.41, 5.74) is 5.45. The molecule has 0 aliphatic carbocycles. The van der Waals surface area contributed by atoms with Crippen molar-refractivity contribution < 1.29 is 4.74 Å². The molecule has 0 saturated heterocycles. The zero-order chi connectivity index (χ0) is 15.7. The van der Waals surface area contributed by atoms with Crippen LogP contribution in [0, 0.1) is 20.8 Å². The van der Waals surface area contributed by atoms with Crippen LogP contribution in [0.5, 0.6) is 0 Å². The molecule has 2 heteroatoms. The molecule has 21 heavy (non-hydrogen) atoms. The summed E-state index contributed by atoms with van der Waals surface area (Å²) in [5.74, 6) is 0. The summed E-state index contributed by atoms with van der Waals surface area (Å²) < 4.78 is 5.90. The summed E-state index contributed by atoms with van der Waals surface area (Å²) in [5, 5.41) is 3.41. The van der Waals surface area contributed by atoms with Crippen LogP contribution in [0.15, 0.2) is 12.1 Å². The highest BCUT2D eigenvalue weighted by Gasteiger charge is 2.15. The van der Waals surface area contributed by atoms with Crippen LogP contribution < -0.4 is 5.32 Å². The minimum atomic E-state index is 0.293. The summed E-state index contributed by atoms with van der Waals surface area (Å²) >= 11 is 0. The predicted molar refractivity (Wildman–Crippen MR) is 92.0 cm³/mol. The van der Waals surface area contributed by atoms with Gasteiger partial charge in [0.15, 0.2) is 0 Å². The Balaban J connectivity index is 2.45. The zero-order valence-electron chi connectivity index (χ0n) is 14.6. The molecular weight excluding hydrogens is 258 g/mol. The largest absolute Gasteiger partial charge is 0.379 e. The van der Waals surface area contributed by atoms with Gasteiger partial charge in [-0.05, 0) is 50.9 Å². The highest BCUT2D eigenvalue weighted by molar-refractivity contribution is 5.39. The molecule has 1 unspecified atom stereocenters. The molecule has 2 nitrogen and oxygen atoms in total. The Morgan fingerprint density at radius 1 is 1.00 bits per heavy atom. The molecule has 0 heterocycles. The van der Waals surface area contributed by atoms with Gasteiger partial charge in [0.05, 0.1) is 12.6 Å². The molecule has 0 aliphatic rings. The average Bonchev–Trinajstić information content (AvgIpc) is 2.43. The van der Waals surface area contributed by atoms with Gasteiger partial charge in [0.25, 0.3) is 0 Å². The van der Waals surface area contributed by atoms with Gasteiger partial charge in [-0.2, -0.15) is 0 Å².